The van der Waals surface area contributed by atoms with Gasteiger partial charge in [-0.05, 0) is 57.5 Å². The molecule has 3 rings (SSSR count). The van der Waals surface area contributed by atoms with Gasteiger partial charge in [-0.25, -0.2) is 0 Å². The Kier molecular flexibility index (Phi) is 5.37. The van der Waals surface area contributed by atoms with Crippen molar-refractivity contribution in [2.24, 2.45) is 0 Å². The van der Waals surface area contributed by atoms with Crippen LogP contribution in [0.3, 0.4) is 0 Å². The van der Waals surface area contributed by atoms with Crippen molar-refractivity contribution in [3.05, 3.63) is 46.8 Å². The predicted octanol–water partition coefficient (Wildman–Crippen LogP) is 3.77. The molecule has 0 spiro atoms. The number of hydrogen-bond donors (Lipinski definition) is 0. The van der Waals surface area contributed by atoms with E-state index in [9.17, 15) is 4.79 Å². The molecular formula is C21H28N2O3. The third-order valence-corrected chi connectivity index (χ3v) is 5.01. The fraction of sp³-hybridized carbons (Fsp3) is 0.476. The molecular weight excluding hydrogens is 328 g/mol. The average molecular weight is 356 g/mol. The average Bonchev–Trinajstić information content (AvgIpc) is 3.39. The molecule has 0 saturated heterocycles. The van der Waals surface area contributed by atoms with Crippen LogP contribution < -0.4 is 9.47 Å². The fourth-order valence-corrected chi connectivity index (χ4v) is 3.63. The van der Waals surface area contributed by atoms with E-state index >= 15 is 0 Å². The van der Waals surface area contributed by atoms with Crippen LogP contribution >= 0.6 is 0 Å². The first-order valence-electron chi connectivity index (χ1n) is 9.05. The van der Waals surface area contributed by atoms with Crippen LogP contribution in [0.4, 0.5) is 0 Å². The summed E-state index contributed by atoms with van der Waals surface area (Å²) in [5, 5.41) is 0. The Balaban J connectivity index is 1.67. The van der Waals surface area contributed by atoms with E-state index in [-0.39, 0.29) is 5.78 Å². The number of ether oxygens (including phenoxy) is 2. The zero-order valence-electron chi connectivity index (χ0n) is 16.3. The number of likely N-dealkylation sites (N-methyl/N-ethyl adjacent to an activating group) is 1. The highest BCUT2D eigenvalue weighted by molar-refractivity contribution is 5.99. The van der Waals surface area contributed by atoms with Crippen molar-refractivity contribution >= 4 is 5.78 Å². The number of rotatable bonds is 8. The van der Waals surface area contributed by atoms with Gasteiger partial charge < -0.3 is 14.0 Å². The topological polar surface area (TPSA) is 43.7 Å². The summed E-state index contributed by atoms with van der Waals surface area (Å²) >= 11 is 0. The molecule has 0 amide bonds. The normalized spacial score (nSPS) is 13.9. The van der Waals surface area contributed by atoms with E-state index in [1.807, 2.05) is 36.2 Å². The standard InChI is InChI=1S/C21H28N2O3/c1-14-10-18(15(2)23(14)17-7-8-17)19(24)13-22(3)12-16-6-9-20(25-4)21(11-16)26-5/h6,9-11,17H,7-8,12-13H2,1-5H3. The summed E-state index contributed by atoms with van der Waals surface area (Å²) in [5.41, 5.74) is 4.24. The number of Topliss-reactive ketones (excluding diaryl/α,β-unsaturated/α-hetero) is 1. The summed E-state index contributed by atoms with van der Waals surface area (Å²) < 4.78 is 13.0. The second-order valence-electron chi connectivity index (χ2n) is 7.17. The number of carbonyl (C=O) groups excluding carboxylic acids is 1. The molecule has 0 aliphatic heterocycles. The Morgan fingerprint density at radius 3 is 2.46 bits per heavy atom. The van der Waals surface area contributed by atoms with Crippen LogP contribution in [-0.4, -0.2) is 43.1 Å². The zero-order valence-corrected chi connectivity index (χ0v) is 16.3. The highest BCUT2D eigenvalue weighted by Crippen LogP contribution is 2.38. The Morgan fingerprint density at radius 1 is 1.15 bits per heavy atom. The van der Waals surface area contributed by atoms with Crippen LogP contribution in [0.15, 0.2) is 24.3 Å². The van der Waals surface area contributed by atoms with Crippen LogP contribution in [0.25, 0.3) is 0 Å². The lowest BCUT2D eigenvalue weighted by Crippen LogP contribution is -2.26. The first kappa shape index (κ1) is 18.5. The third kappa shape index (κ3) is 3.78. The molecule has 1 fully saturated rings. The fourth-order valence-electron chi connectivity index (χ4n) is 3.63. The van der Waals surface area contributed by atoms with Gasteiger partial charge in [-0.1, -0.05) is 6.07 Å². The first-order valence-corrected chi connectivity index (χ1v) is 9.05. The molecule has 1 aromatic carbocycles. The van der Waals surface area contributed by atoms with Gasteiger partial charge in [0.05, 0.1) is 20.8 Å². The maximum atomic E-state index is 12.8. The molecule has 0 atom stereocenters. The molecule has 2 aromatic rings. The smallest absolute Gasteiger partial charge is 0.178 e. The van der Waals surface area contributed by atoms with Crippen LogP contribution in [0, 0.1) is 13.8 Å². The molecule has 1 aromatic heterocycles. The Morgan fingerprint density at radius 2 is 1.85 bits per heavy atom. The second kappa shape index (κ2) is 7.54. The largest absolute Gasteiger partial charge is 0.493 e. The molecule has 1 aliphatic rings. The van der Waals surface area contributed by atoms with Gasteiger partial charge in [-0.15, -0.1) is 0 Å². The molecule has 0 N–H and O–H groups in total. The van der Waals surface area contributed by atoms with Gasteiger partial charge in [-0.2, -0.15) is 0 Å². The van der Waals surface area contributed by atoms with Gasteiger partial charge in [0, 0.05) is 29.5 Å². The van der Waals surface area contributed by atoms with Crippen molar-refractivity contribution in [1.82, 2.24) is 9.47 Å². The van der Waals surface area contributed by atoms with Gasteiger partial charge in [-0.3, -0.25) is 9.69 Å². The van der Waals surface area contributed by atoms with Crippen molar-refractivity contribution in [3.8, 4) is 11.5 Å². The van der Waals surface area contributed by atoms with E-state index in [0.29, 0.717) is 30.6 Å². The molecule has 0 unspecified atom stereocenters. The number of carbonyl (C=O) groups is 1. The molecule has 5 nitrogen and oxygen atoms in total. The molecule has 0 bridgehead atoms. The highest BCUT2D eigenvalue weighted by Gasteiger charge is 2.28. The zero-order chi connectivity index (χ0) is 18.8. The second-order valence-corrected chi connectivity index (χ2v) is 7.17. The van der Waals surface area contributed by atoms with E-state index < -0.39 is 0 Å². The minimum Gasteiger partial charge on any atom is -0.493 e. The SMILES string of the molecule is COc1ccc(CN(C)CC(=O)c2cc(C)n(C3CC3)c2C)cc1OC. The minimum absolute atomic E-state index is 0.174. The predicted molar refractivity (Wildman–Crippen MR) is 102 cm³/mol. The number of benzene rings is 1. The summed E-state index contributed by atoms with van der Waals surface area (Å²) in [6, 6.07) is 8.49. The number of methoxy groups -OCH3 is 2. The van der Waals surface area contributed by atoms with E-state index in [0.717, 1.165) is 16.8 Å². The van der Waals surface area contributed by atoms with E-state index in [1.165, 1.54) is 18.5 Å². The van der Waals surface area contributed by atoms with Crippen LogP contribution in [0.1, 0.15) is 46.2 Å². The van der Waals surface area contributed by atoms with E-state index in [1.54, 1.807) is 14.2 Å². The lowest BCUT2D eigenvalue weighted by molar-refractivity contribution is 0.0942. The maximum absolute atomic E-state index is 12.8. The summed E-state index contributed by atoms with van der Waals surface area (Å²) in [5.74, 6) is 1.59. The monoisotopic (exact) mass is 356 g/mol. The molecule has 140 valence electrons. The van der Waals surface area contributed by atoms with Crippen molar-refractivity contribution in [3.63, 3.8) is 0 Å². The van der Waals surface area contributed by atoms with Crippen LogP contribution in [-0.2, 0) is 6.54 Å². The van der Waals surface area contributed by atoms with Gasteiger partial charge in [0.25, 0.3) is 0 Å². The number of aromatic nitrogens is 1. The van der Waals surface area contributed by atoms with Crippen molar-refractivity contribution in [2.75, 3.05) is 27.8 Å². The Labute approximate surface area is 155 Å². The maximum Gasteiger partial charge on any atom is 0.178 e. The van der Waals surface area contributed by atoms with Crippen molar-refractivity contribution in [2.45, 2.75) is 39.3 Å². The van der Waals surface area contributed by atoms with E-state index in [4.69, 9.17) is 9.47 Å². The number of hydrogen-bond acceptors (Lipinski definition) is 4. The Bertz CT molecular complexity index is 806. The lowest BCUT2D eigenvalue weighted by atomic mass is 10.1. The highest BCUT2D eigenvalue weighted by atomic mass is 16.5. The van der Waals surface area contributed by atoms with Crippen molar-refractivity contribution in [1.29, 1.82) is 0 Å². The number of ketones is 1. The summed E-state index contributed by atoms with van der Waals surface area (Å²) in [6.07, 6.45) is 2.45. The van der Waals surface area contributed by atoms with Gasteiger partial charge in [0.1, 0.15) is 0 Å². The van der Waals surface area contributed by atoms with Gasteiger partial charge in [0.15, 0.2) is 17.3 Å². The summed E-state index contributed by atoms with van der Waals surface area (Å²) in [6.45, 7) is 5.22. The van der Waals surface area contributed by atoms with Gasteiger partial charge >= 0.3 is 0 Å². The van der Waals surface area contributed by atoms with Crippen LogP contribution in [0.5, 0.6) is 11.5 Å². The number of nitrogens with zero attached hydrogens (tertiary/aromatic N) is 2. The van der Waals surface area contributed by atoms with Crippen LogP contribution in [0.2, 0.25) is 0 Å². The Hall–Kier alpha value is -2.27. The quantitative estimate of drug-likeness (QED) is 0.675. The van der Waals surface area contributed by atoms with Gasteiger partial charge in [0.2, 0.25) is 0 Å². The molecule has 5 heteroatoms. The summed E-state index contributed by atoms with van der Waals surface area (Å²) in [4.78, 5) is 14.8. The molecule has 1 saturated carbocycles. The number of aryl methyl sites for hydroxylation is 1. The molecule has 0 radical (unpaired) electrons. The molecule has 26 heavy (non-hydrogen) atoms. The first-order chi connectivity index (χ1) is 12.4. The summed E-state index contributed by atoms with van der Waals surface area (Å²) in [7, 11) is 5.22. The lowest BCUT2D eigenvalue weighted by Gasteiger charge is -2.17. The van der Waals surface area contributed by atoms with E-state index in [2.05, 4.69) is 18.4 Å². The molecule has 1 aliphatic carbocycles. The minimum atomic E-state index is 0.174. The molecule has 1 heterocycles. The third-order valence-electron chi connectivity index (χ3n) is 5.01. The van der Waals surface area contributed by atoms with Crippen molar-refractivity contribution < 1.29 is 14.3 Å².